The number of oxazole rings is 1. The summed E-state index contributed by atoms with van der Waals surface area (Å²) in [5, 5.41) is 10.4. The standard InChI is InChI=1S/C27H31N3O4/c1-33-23-8-9-25-24(18-23)21(11-13-28-25)5-2-4-20-12-16-30(19-22(20)7-10-27(31)32)15-3-6-26-29-14-17-34-26/h8-9,11,13-14,17-18,20,22H,2,4-5,7,10,12,15-16,19H2,1H3,(H,31,32)/t20-,22+/m1/s1. The topological polar surface area (TPSA) is 88.7 Å². The number of rotatable bonds is 9. The van der Waals surface area contributed by atoms with Crippen molar-refractivity contribution in [1.29, 1.82) is 0 Å². The van der Waals surface area contributed by atoms with Crippen molar-refractivity contribution in [2.75, 3.05) is 26.7 Å². The number of aromatic nitrogens is 2. The van der Waals surface area contributed by atoms with Gasteiger partial charge in [-0.1, -0.05) is 5.92 Å². The molecule has 3 heterocycles. The molecule has 7 nitrogen and oxygen atoms in total. The third-order valence-corrected chi connectivity index (χ3v) is 6.69. The normalized spacial score (nSPS) is 18.4. The van der Waals surface area contributed by atoms with E-state index in [4.69, 9.17) is 9.15 Å². The highest BCUT2D eigenvalue weighted by atomic mass is 16.5. The van der Waals surface area contributed by atoms with Crippen LogP contribution in [0.5, 0.6) is 5.75 Å². The van der Waals surface area contributed by atoms with Gasteiger partial charge in [0.2, 0.25) is 0 Å². The van der Waals surface area contributed by atoms with Gasteiger partial charge in [-0.3, -0.25) is 14.7 Å². The van der Waals surface area contributed by atoms with Crippen molar-refractivity contribution in [3.8, 4) is 17.6 Å². The number of carboxylic acids is 1. The molecule has 0 radical (unpaired) electrons. The lowest BCUT2D eigenvalue weighted by atomic mass is 9.79. The summed E-state index contributed by atoms with van der Waals surface area (Å²) < 4.78 is 10.6. The number of methoxy groups -OCH3 is 1. The third-order valence-electron chi connectivity index (χ3n) is 6.69. The number of carboxylic acid groups (broad SMARTS) is 1. The maximum Gasteiger partial charge on any atom is 0.303 e. The Morgan fingerprint density at radius 1 is 1.24 bits per heavy atom. The molecule has 2 atom stereocenters. The van der Waals surface area contributed by atoms with E-state index in [0.717, 1.165) is 55.4 Å². The number of carbonyl (C=O) groups is 1. The highest BCUT2D eigenvalue weighted by molar-refractivity contribution is 5.83. The molecule has 0 spiro atoms. The Balaban J connectivity index is 1.35. The molecule has 1 aliphatic rings. The van der Waals surface area contributed by atoms with Crippen LogP contribution in [-0.2, 0) is 11.2 Å². The fourth-order valence-corrected chi connectivity index (χ4v) is 4.91. The first-order valence-electron chi connectivity index (χ1n) is 11.9. The second kappa shape index (κ2) is 11.7. The number of aryl methyl sites for hydroxylation is 1. The summed E-state index contributed by atoms with van der Waals surface area (Å²) in [6.07, 6.45) is 10.1. The number of nitrogens with zero attached hydrogens (tertiary/aromatic N) is 3. The first-order chi connectivity index (χ1) is 16.6. The van der Waals surface area contributed by atoms with E-state index in [1.807, 2.05) is 18.3 Å². The number of aliphatic carboxylic acids is 1. The Kier molecular flexibility index (Phi) is 8.16. The minimum Gasteiger partial charge on any atom is -0.497 e. The van der Waals surface area contributed by atoms with Gasteiger partial charge in [-0.25, -0.2) is 4.98 Å². The molecule has 0 unspecified atom stereocenters. The number of ether oxygens (including phenoxy) is 1. The summed E-state index contributed by atoms with van der Waals surface area (Å²) >= 11 is 0. The Labute approximate surface area is 200 Å². The average Bonchev–Trinajstić information content (AvgIpc) is 3.37. The number of hydrogen-bond acceptors (Lipinski definition) is 6. The van der Waals surface area contributed by atoms with E-state index in [1.54, 1.807) is 13.3 Å². The molecule has 3 aromatic rings. The zero-order chi connectivity index (χ0) is 23.8. The van der Waals surface area contributed by atoms with Crippen LogP contribution >= 0.6 is 0 Å². The molecule has 1 fully saturated rings. The van der Waals surface area contributed by atoms with Gasteiger partial charge >= 0.3 is 5.97 Å². The average molecular weight is 462 g/mol. The van der Waals surface area contributed by atoms with Crippen molar-refractivity contribution >= 4 is 16.9 Å². The molecule has 4 rings (SSSR count). The molecule has 34 heavy (non-hydrogen) atoms. The lowest BCUT2D eigenvalue weighted by molar-refractivity contribution is -0.137. The maximum absolute atomic E-state index is 11.2. The Morgan fingerprint density at radius 2 is 2.15 bits per heavy atom. The van der Waals surface area contributed by atoms with Crippen molar-refractivity contribution in [1.82, 2.24) is 14.9 Å². The summed E-state index contributed by atoms with van der Waals surface area (Å²) in [5.74, 6) is 7.52. The molecule has 0 aliphatic carbocycles. The lowest BCUT2D eigenvalue weighted by Gasteiger charge is -2.38. The highest BCUT2D eigenvalue weighted by Gasteiger charge is 2.29. The van der Waals surface area contributed by atoms with E-state index in [9.17, 15) is 9.90 Å². The zero-order valence-electron chi connectivity index (χ0n) is 19.6. The van der Waals surface area contributed by atoms with Crippen LogP contribution in [0.15, 0.2) is 47.3 Å². The number of likely N-dealkylation sites (tertiary alicyclic amines) is 1. The van der Waals surface area contributed by atoms with Gasteiger partial charge < -0.3 is 14.3 Å². The summed E-state index contributed by atoms with van der Waals surface area (Å²) in [6.45, 7) is 2.50. The Hall–Kier alpha value is -3.37. The molecule has 178 valence electrons. The third kappa shape index (κ3) is 6.36. The number of piperidine rings is 1. The Bertz CT molecular complexity index is 1150. The number of pyridine rings is 1. The lowest BCUT2D eigenvalue weighted by Crippen LogP contribution is -2.41. The van der Waals surface area contributed by atoms with Crippen LogP contribution in [0.25, 0.3) is 10.9 Å². The van der Waals surface area contributed by atoms with Crippen molar-refractivity contribution < 1.29 is 19.1 Å². The fraction of sp³-hybridized carbons (Fsp3) is 0.444. The molecule has 7 heteroatoms. The molecule has 1 aliphatic heterocycles. The van der Waals surface area contributed by atoms with Gasteiger partial charge in [0.1, 0.15) is 12.0 Å². The van der Waals surface area contributed by atoms with Gasteiger partial charge in [0, 0.05) is 24.5 Å². The van der Waals surface area contributed by atoms with E-state index in [1.165, 1.54) is 11.8 Å². The van der Waals surface area contributed by atoms with Crippen LogP contribution in [0.1, 0.15) is 43.6 Å². The highest BCUT2D eigenvalue weighted by Crippen LogP contribution is 2.32. The smallest absolute Gasteiger partial charge is 0.303 e. The second-order valence-corrected chi connectivity index (χ2v) is 8.86. The van der Waals surface area contributed by atoms with Crippen molar-refractivity contribution in [2.24, 2.45) is 11.8 Å². The predicted molar refractivity (Wildman–Crippen MR) is 130 cm³/mol. The first kappa shape index (κ1) is 23.8. The van der Waals surface area contributed by atoms with Crippen molar-refractivity contribution in [3.63, 3.8) is 0 Å². The van der Waals surface area contributed by atoms with Crippen LogP contribution in [0.3, 0.4) is 0 Å². The Morgan fingerprint density at radius 3 is 2.94 bits per heavy atom. The van der Waals surface area contributed by atoms with Gasteiger partial charge in [0.25, 0.3) is 5.89 Å². The summed E-state index contributed by atoms with van der Waals surface area (Å²) in [4.78, 5) is 22.1. The van der Waals surface area contributed by atoms with Gasteiger partial charge in [-0.2, -0.15) is 0 Å². The number of benzene rings is 1. The molecular formula is C27H31N3O4. The van der Waals surface area contributed by atoms with E-state index < -0.39 is 5.97 Å². The minimum absolute atomic E-state index is 0.214. The van der Waals surface area contributed by atoms with Crippen molar-refractivity contribution in [3.05, 3.63) is 54.4 Å². The number of fused-ring (bicyclic) bond motifs is 1. The van der Waals surface area contributed by atoms with Crippen LogP contribution in [0.2, 0.25) is 0 Å². The van der Waals surface area contributed by atoms with Crippen LogP contribution in [0, 0.1) is 23.7 Å². The van der Waals surface area contributed by atoms with Gasteiger partial charge in [0.05, 0.1) is 25.4 Å². The molecular weight excluding hydrogens is 430 g/mol. The molecule has 1 saturated heterocycles. The van der Waals surface area contributed by atoms with Gasteiger partial charge in [-0.05, 0) is 86.2 Å². The molecule has 1 aromatic carbocycles. The largest absolute Gasteiger partial charge is 0.497 e. The van der Waals surface area contributed by atoms with E-state index in [2.05, 4.69) is 38.8 Å². The molecule has 1 N–H and O–H groups in total. The fourth-order valence-electron chi connectivity index (χ4n) is 4.91. The van der Waals surface area contributed by atoms with Crippen molar-refractivity contribution in [2.45, 2.75) is 38.5 Å². The zero-order valence-corrected chi connectivity index (χ0v) is 19.6. The number of hydrogen-bond donors (Lipinski definition) is 1. The molecule has 0 saturated carbocycles. The first-order valence-corrected chi connectivity index (χ1v) is 11.9. The summed E-state index contributed by atoms with van der Waals surface area (Å²) in [5.41, 5.74) is 2.27. The minimum atomic E-state index is -0.725. The monoisotopic (exact) mass is 461 g/mol. The maximum atomic E-state index is 11.2. The summed E-state index contributed by atoms with van der Waals surface area (Å²) in [6, 6.07) is 8.10. The van der Waals surface area contributed by atoms with E-state index in [0.29, 0.717) is 30.7 Å². The molecule has 0 bridgehead atoms. The molecule has 0 amide bonds. The van der Waals surface area contributed by atoms with Crippen LogP contribution in [0.4, 0.5) is 0 Å². The van der Waals surface area contributed by atoms with Gasteiger partial charge in [0.15, 0.2) is 0 Å². The quantitative estimate of drug-likeness (QED) is 0.472. The van der Waals surface area contributed by atoms with E-state index in [-0.39, 0.29) is 6.42 Å². The molecule has 2 aromatic heterocycles. The van der Waals surface area contributed by atoms with Gasteiger partial charge in [-0.15, -0.1) is 0 Å². The predicted octanol–water partition coefficient (Wildman–Crippen LogP) is 4.41. The van der Waals surface area contributed by atoms with Crippen LogP contribution in [-0.4, -0.2) is 52.7 Å². The summed E-state index contributed by atoms with van der Waals surface area (Å²) in [7, 11) is 1.68. The SMILES string of the molecule is COc1ccc2nccc(CCC[C@@H]3CCN(CC#Cc4ncco4)C[C@@H]3CCC(=O)O)c2c1. The van der Waals surface area contributed by atoms with E-state index >= 15 is 0 Å². The second-order valence-electron chi connectivity index (χ2n) is 8.86. The van der Waals surface area contributed by atoms with Crippen LogP contribution < -0.4 is 4.74 Å².